The average molecular weight is 581 g/mol. The van der Waals surface area contributed by atoms with Crippen LogP contribution >= 0.6 is 39.1 Å². The first-order chi connectivity index (χ1) is 16.8. The standard InChI is InChI=1S/C22H20BrCl2N7O3/c1-12-20(23)32-9-3-4-16(21(32)28-12)35-11-13-14(24)5-6-15(19(13)25)31(2)18(33)10-26-22(34)29-17-7-8-27-30-17/h3-9H,10-11H2,1-2H3,(H3,26,27,29,30,34). The zero-order chi connectivity index (χ0) is 25.1. The maximum Gasteiger partial charge on any atom is 0.320 e. The third-order valence-electron chi connectivity index (χ3n) is 5.13. The molecular weight excluding hydrogens is 561 g/mol. The van der Waals surface area contributed by atoms with E-state index in [1.54, 1.807) is 37.5 Å². The zero-order valence-electron chi connectivity index (χ0n) is 18.6. The Labute approximate surface area is 218 Å². The second kappa shape index (κ2) is 10.5. The number of halogens is 3. The number of aryl methyl sites for hydroxylation is 1. The fourth-order valence-corrected chi connectivity index (χ4v) is 4.25. The smallest absolute Gasteiger partial charge is 0.320 e. The molecule has 10 nitrogen and oxygen atoms in total. The Balaban J connectivity index is 1.46. The van der Waals surface area contributed by atoms with Crippen LogP contribution in [0.5, 0.6) is 5.75 Å². The number of ether oxygens (including phenoxy) is 1. The van der Waals surface area contributed by atoms with Crippen molar-refractivity contribution in [1.29, 1.82) is 0 Å². The highest BCUT2D eigenvalue weighted by molar-refractivity contribution is 9.10. The van der Waals surface area contributed by atoms with Gasteiger partial charge in [0, 0.05) is 36.1 Å². The first-order valence-electron chi connectivity index (χ1n) is 10.3. The van der Waals surface area contributed by atoms with Gasteiger partial charge in [0.15, 0.2) is 17.2 Å². The molecule has 182 valence electrons. The lowest BCUT2D eigenvalue weighted by Crippen LogP contribution is -2.40. The molecule has 0 fully saturated rings. The van der Waals surface area contributed by atoms with Crippen molar-refractivity contribution in [3.05, 3.63) is 68.6 Å². The van der Waals surface area contributed by atoms with Crippen LogP contribution in [-0.4, -0.2) is 45.1 Å². The number of amides is 3. The highest BCUT2D eigenvalue weighted by Gasteiger charge is 2.20. The highest BCUT2D eigenvalue weighted by Crippen LogP contribution is 2.35. The molecule has 3 heterocycles. The Bertz CT molecular complexity index is 1390. The molecule has 0 radical (unpaired) electrons. The van der Waals surface area contributed by atoms with Gasteiger partial charge in [0.05, 0.1) is 22.9 Å². The van der Waals surface area contributed by atoms with E-state index in [1.165, 1.54) is 4.90 Å². The maximum absolute atomic E-state index is 12.7. The van der Waals surface area contributed by atoms with Crippen molar-refractivity contribution in [1.82, 2.24) is 24.9 Å². The lowest BCUT2D eigenvalue weighted by molar-refractivity contribution is -0.117. The molecule has 3 aromatic heterocycles. The minimum absolute atomic E-state index is 0.0566. The number of likely N-dealkylation sites (N-methyl/N-ethyl adjacent to an activating group) is 1. The van der Waals surface area contributed by atoms with Crippen molar-refractivity contribution in [3.63, 3.8) is 0 Å². The Morgan fingerprint density at radius 2 is 2.06 bits per heavy atom. The number of hydrogen-bond donors (Lipinski definition) is 3. The molecule has 0 unspecified atom stereocenters. The number of benzene rings is 1. The number of aromatic nitrogens is 4. The van der Waals surface area contributed by atoms with Gasteiger partial charge in [0.2, 0.25) is 5.91 Å². The van der Waals surface area contributed by atoms with Crippen LogP contribution in [0.2, 0.25) is 10.0 Å². The summed E-state index contributed by atoms with van der Waals surface area (Å²) in [5.74, 6) is 0.499. The van der Waals surface area contributed by atoms with Gasteiger partial charge in [-0.05, 0) is 47.1 Å². The zero-order valence-corrected chi connectivity index (χ0v) is 21.7. The maximum atomic E-state index is 12.7. The monoisotopic (exact) mass is 579 g/mol. The molecule has 0 aliphatic rings. The van der Waals surface area contributed by atoms with Crippen LogP contribution in [0.1, 0.15) is 11.3 Å². The topological polar surface area (TPSA) is 117 Å². The van der Waals surface area contributed by atoms with Crippen LogP contribution in [0.4, 0.5) is 16.3 Å². The van der Waals surface area contributed by atoms with Crippen molar-refractivity contribution in [3.8, 4) is 5.75 Å². The summed E-state index contributed by atoms with van der Waals surface area (Å²) >= 11 is 16.5. The van der Waals surface area contributed by atoms with Gasteiger partial charge in [-0.15, -0.1) is 0 Å². The largest absolute Gasteiger partial charge is 0.485 e. The van der Waals surface area contributed by atoms with Gasteiger partial charge in [-0.3, -0.25) is 19.6 Å². The molecule has 3 amide bonds. The Hall–Kier alpha value is -3.28. The molecule has 0 saturated carbocycles. The molecule has 0 atom stereocenters. The molecule has 0 saturated heterocycles. The fraction of sp³-hybridized carbons (Fsp3) is 0.182. The van der Waals surface area contributed by atoms with Gasteiger partial charge in [0.1, 0.15) is 11.2 Å². The summed E-state index contributed by atoms with van der Waals surface area (Å²) in [7, 11) is 1.56. The number of carbonyl (C=O) groups excluding carboxylic acids is 2. The highest BCUT2D eigenvalue weighted by atomic mass is 79.9. The van der Waals surface area contributed by atoms with Crippen molar-refractivity contribution < 1.29 is 14.3 Å². The number of urea groups is 1. The van der Waals surface area contributed by atoms with Gasteiger partial charge in [0.25, 0.3) is 0 Å². The molecule has 0 spiro atoms. The van der Waals surface area contributed by atoms with Gasteiger partial charge in [-0.2, -0.15) is 5.10 Å². The summed E-state index contributed by atoms with van der Waals surface area (Å²) in [6.45, 7) is 1.69. The van der Waals surface area contributed by atoms with E-state index in [-0.39, 0.29) is 24.1 Å². The molecule has 0 aliphatic heterocycles. The number of anilines is 2. The average Bonchev–Trinajstić information content (AvgIpc) is 3.45. The first kappa shape index (κ1) is 24.8. The van der Waals surface area contributed by atoms with Gasteiger partial charge in [-0.25, -0.2) is 9.78 Å². The molecule has 4 aromatic rings. The van der Waals surface area contributed by atoms with E-state index in [0.29, 0.717) is 33.5 Å². The second-order valence-electron chi connectivity index (χ2n) is 7.42. The van der Waals surface area contributed by atoms with Crippen molar-refractivity contribution >= 4 is 68.2 Å². The number of nitrogens with one attached hydrogen (secondary N) is 3. The van der Waals surface area contributed by atoms with E-state index in [0.717, 1.165) is 10.3 Å². The van der Waals surface area contributed by atoms with Gasteiger partial charge in [-0.1, -0.05) is 23.2 Å². The summed E-state index contributed by atoms with van der Waals surface area (Å²) < 4.78 is 8.71. The molecule has 35 heavy (non-hydrogen) atoms. The van der Waals surface area contributed by atoms with Crippen LogP contribution in [-0.2, 0) is 11.4 Å². The predicted molar refractivity (Wildman–Crippen MR) is 137 cm³/mol. The second-order valence-corrected chi connectivity index (χ2v) is 8.96. The van der Waals surface area contributed by atoms with Crippen LogP contribution in [0.15, 0.2) is 47.3 Å². The number of pyridine rings is 1. The van der Waals surface area contributed by atoms with E-state index in [2.05, 4.69) is 41.7 Å². The molecular formula is C22H20BrCl2N7O3. The molecule has 1 aromatic carbocycles. The summed E-state index contributed by atoms with van der Waals surface area (Å²) in [6, 6.07) is 7.93. The number of hydrogen-bond acceptors (Lipinski definition) is 5. The van der Waals surface area contributed by atoms with Crippen molar-refractivity contribution in [2.45, 2.75) is 13.5 Å². The van der Waals surface area contributed by atoms with Crippen LogP contribution in [0, 0.1) is 6.92 Å². The van der Waals surface area contributed by atoms with Crippen molar-refractivity contribution in [2.24, 2.45) is 0 Å². The van der Waals surface area contributed by atoms with Gasteiger partial charge >= 0.3 is 6.03 Å². The number of nitrogens with zero attached hydrogens (tertiary/aromatic N) is 4. The third kappa shape index (κ3) is 5.37. The van der Waals surface area contributed by atoms with E-state index in [1.807, 2.05) is 23.6 Å². The number of aromatic amines is 1. The molecule has 13 heteroatoms. The lowest BCUT2D eigenvalue weighted by atomic mass is 10.2. The number of imidazole rings is 1. The minimum atomic E-state index is -0.565. The van der Waals surface area contributed by atoms with Crippen LogP contribution < -0.4 is 20.3 Å². The molecule has 0 aliphatic carbocycles. The summed E-state index contributed by atoms with van der Waals surface area (Å²) in [4.78, 5) is 30.5. The SMILES string of the molecule is Cc1nc2c(OCc3c(Cl)ccc(N(C)C(=O)CNC(=O)Nc4cc[nH]n4)c3Cl)cccn2c1Br. The molecule has 4 rings (SSSR count). The molecule has 3 N–H and O–H groups in total. The number of fused-ring (bicyclic) bond motifs is 1. The minimum Gasteiger partial charge on any atom is -0.485 e. The lowest BCUT2D eigenvalue weighted by Gasteiger charge is -2.21. The number of carbonyl (C=O) groups is 2. The van der Waals surface area contributed by atoms with Crippen LogP contribution in [0.25, 0.3) is 5.65 Å². The quantitative estimate of drug-likeness (QED) is 0.290. The molecule has 0 bridgehead atoms. The van der Waals surface area contributed by atoms with Gasteiger partial charge < -0.3 is 15.0 Å². The Kier molecular flexibility index (Phi) is 7.48. The normalized spacial score (nSPS) is 10.9. The number of rotatable bonds is 7. The Morgan fingerprint density at radius 1 is 1.26 bits per heavy atom. The van der Waals surface area contributed by atoms with E-state index < -0.39 is 6.03 Å². The summed E-state index contributed by atoms with van der Waals surface area (Å²) in [5.41, 5.74) is 2.41. The van der Waals surface area contributed by atoms with E-state index in [4.69, 9.17) is 27.9 Å². The first-order valence-corrected chi connectivity index (χ1v) is 11.8. The van der Waals surface area contributed by atoms with E-state index in [9.17, 15) is 9.59 Å². The Morgan fingerprint density at radius 3 is 2.80 bits per heavy atom. The van der Waals surface area contributed by atoms with Crippen LogP contribution in [0.3, 0.4) is 0 Å². The third-order valence-corrected chi connectivity index (χ3v) is 6.86. The summed E-state index contributed by atoms with van der Waals surface area (Å²) in [6.07, 6.45) is 3.44. The summed E-state index contributed by atoms with van der Waals surface area (Å²) in [5, 5.41) is 12.0. The predicted octanol–water partition coefficient (Wildman–Crippen LogP) is 4.80. The number of H-pyrrole nitrogens is 1. The fourth-order valence-electron chi connectivity index (χ4n) is 3.27. The van der Waals surface area contributed by atoms with E-state index >= 15 is 0 Å². The van der Waals surface area contributed by atoms with Crippen molar-refractivity contribution in [2.75, 3.05) is 23.8 Å².